The first kappa shape index (κ1) is 18.0. The molecule has 0 radical (unpaired) electrons. The van der Waals surface area contributed by atoms with Crippen molar-refractivity contribution in [1.82, 2.24) is 0 Å². The van der Waals surface area contributed by atoms with Crippen LogP contribution in [-0.4, -0.2) is 10.8 Å². The molecule has 0 spiro atoms. The maximum Gasteiger partial charge on any atom is 0.269 e. The van der Waals surface area contributed by atoms with Gasteiger partial charge in [0, 0.05) is 34.1 Å². The van der Waals surface area contributed by atoms with E-state index >= 15 is 0 Å². The fourth-order valence-electron chi connectivity index (χ4n) is 3.29. The van der Waals surface area contributed by atoms with Crippen molar-refractivity contribution in [3.05, 3.63) is 98.6 Å². The summed E-state index contributed by atoms with van der Waals surface area (Å²) in [4.78, 5) is 25.7. The van der Waals surface area contributed by atoms with Crippen LogP contribution >= 0.6 is 11.6 Å². The Kier molecular flexibility index (Phi) is 4.49. The van der Waals surface area contributed by atoms with E-state index in [2.05, 4.69) is 5.32 Å². The molecule has 0 fully saturated rings. The minimum Gasteiger partial charge on any atom is -0.360 e. The van der Waals surface area contributed by atoms with E-state index < -0.39 is 11.1 Å². The second-order valence-corrected chi connectivity index (χ2v) is 6.96. The van der Waals surface area contributed by atoms with Crippen molar-refractivity contribution in [2.24, 2.45) is 0 Å². The molecule has 1 aliphatic rings. The van der Waals surface area contributed by atoms with E-state index in [0.717, 1.165) is 5.56 Å². The zero-order valence-corrected chi connectivity index (χ0v) is 15.7. The lowest BCUT2D eigenvalue weighted by Crippen LogP contribution is -2.43. The van der Waals surface area contributed by atoms with E-state index in [4.69, 9.17) is 11.6 Å². The Bertz CT molecular complexity index is 1100. The van der Waals surface area contributed by atoms with Gasteiger partial charge in [-0.2, -0.15) is 0 Å². The van der Waals surface area contributed by atoms with E-state index in [1.807, 2.05) is 31.2 Å². The van der Waals surface area contributed by atoms with Gasteiger partial charge in [-0.25, -0.2) is 0 Å². The normalized spacial score (nSPS) is 15.7. The van der Waals surface area contributed by atoms with Crippen LogP contribution in [0.25, 0.3) is 0 Å². The van der Waals surface area contributed by atoms with Crippen molar-refractivity contribution in [3.63, 3.8) is 0 Å². The molecule has 1 amide bonds. The van der Waals surface area contributed by atoms with Gasteiger partial charge in [-0.1, -0.05) is 41.9 Å². The molecule has 0 saturated heterocycles. The van der Waals surface area contributed by atoms with Gasteiger partial charge >= 0.3 is 0 Å². The van der Waals surface area contributed by atoms with Gasteiger partial charge in [-0.3, -0.25) is 19.8 Å². The molecule has 0 bridgehead atoms. The number of nitrogens with zero attached hydrogens (tertiary/aromatic N) is 2. The van der Waals surface area contributed by atoms with Crippen LogP contribution in [0.2, 0.25) is 5.02 Å². The number of para-hydroxylation sites is 1. The number of anilines is 2. The van der Waals surface area contributed by atoms with E-state index in [-0.39, 0.29) is 11.6 Å². The number of benzene rings is 3. The van der Waals surface area contributed by atoms with Gasteiger partial charge in [0.2, 0.25) is 0 Å². The highest BCUT2D eigenvalue weighted by atomic mass is 35.5. The summed E-state index contributed by atoms with van der Waals surface area (Å²) in [6.07, 6.45) is -0.610. The number of carbonyl (C=O) groups is 1. The highest BCUT2D eigenvalue weighted by Gasteiger charge is 2.34. The Balaban J connectivity index is 1.88. The summed E-state index contributed by atoms with van der Waals surface area (Å²) in [5.41, 5.74) is 3.29. The lowest BCUT2D eigenvalue weighted by molar-refractivity contribution is -0.384. The molecule has 0 aromatic heterocycles. The smallest absolute Gasteiger partial charge is 0.269 e. The molecule has 1 atom stereocenters. The largest absolute Gasteiger partial charge is 0.360 e. The lowest BCUT2D eigenvalue weighted by atomic mass is 10.0. The molecule has 3 aromatic rings. The van der Waals surface area contributed by atoms with Crippen LogP contribution in [-0.2, 0) is 0 Å². The van der Waals surface area contributed by atoms with Gasteiger partial charge in [-0.05, 0) is 36.8 Å². The van der Waals surface area contributed by atoms with Gasteiger partial charge in [0.05, 0.1) is 10.5 Å². The van der Waals surface area contributed by atoms with Crippen molar-refractivity contribution >= 4 is 34.6 Å². The number of non-ortho nitro benzene ring substituents is 1. The highest BCUT2D eigenvalue weighted by molar-refractivity contribution is 6.31. The maximum absolute atomic E-state index is 13.3. The molecule has 3 aromatic carbocycles. The standard InChI is InChI=1S/C21H16ClN3O3/c1-13-9-10-15(12-18(13)22)24-20(14-5-4-6-16(11-14)25(27)28)23-19-8-3-2-7-17(19)21(24)26/h2-12,20,23H,1H3/t20-/m0/s1. The van der Waals surface area contributed by atoms with Crippen molar-refractivity contribution in [2.45, 2.75) is 13.1 Å². The SMILES string of the molecule is Cc1ccc(N2C(=O)c3ccccc3N[C@@H]2c2cccc([N+](=O)[O-])c2)cc1Cl. The third-order valence-corrected chi connectivity index (χ3v) is 5.16. The predicted molar refractivity (Wildman–Crippen MR) is 109 cm³/mol. The van der Waals surface area contributed by atoms with Crippen LogP contribution in [0.15, 0.2) is 66.7 Å². The van der Waals surface area contributed by atoms with Crippen LogP contribution in [0, 0.1) is 17.0 Å². The molecular weight excluding hydrogens is 378 g/mol. The number of aryl methyl sites for hydroxylation is 1. The van der Waals surface area contributed by atoms with Gasteiger partial charge in [-0.15, -0.1) is 0 Å². The summed E-state index contributed by atoms with van der Waals surface area (Å²) in [6.45, 7) is 1.88. The molecule has 7 heteroatoms. The summed E-state index contributed by atoms with van der Waals surface area (Å²) in [5, 5.41) is 15.1. The number of nitro benzene ring substituents is 1. The molecule has 140 valence electrons. The average molecular weight is 394 g/mol. The number of hydrogen-bond acceptors (Lipinski definition) is 4. The molecule has 1 heterocycles. The number of nitro groups is 1. The Labute approximate surface area is 166 Å². The van der Waals surface area contributed by atoms with Crippen molar-refractivity contribution in [1.29, 1.82) is 0 Å². The van der Waals surface area contributed by atoms with Crippen LogP contribution in [0.1, 0.15) is 27.7 Å². The lowest BCUT2D eigenvalue weighted by Gasteiger charge is -2.38. The maximum atomic E-state index is 13.3. The Hall–Kier alpha value is -3.38. The Morgan fingerprint density at radius 2 is 1.86 bits per heavy atom. The first-order valence-corrected chi connectivity index (χ1v) is 9.03. The van der Waals surface area contributed by atoms with Gasteiger partial charge in [0.25, 0.3) is 11.6 Å². The number of fused-ring (bicyclic) bond motifs is 1. The van der Waals surface area contributed by atoms with E-state index in [1.165, 1.54) is 12.1 Å². The quantitative estimate of drug-likeness (QED) is 0.482. The second-order valence-electron chi connectivity index (χ2n) is 6.55. The van der Waals surface area contributed by atoms with E-state index in [1.54, 1.807) is 35.2 Å². The average Bonchev–Trinajstić information content (AvgIpc) is 2.70. The summed E-state index contributed by atoms with van der Waals surface area (Å²) in [6, 6.07) is 18.9. The molecule has 6 nitrogen and oxygen atoms in total. The molecule has 0 unspecified atom stereocenters. The molecule has 0 aliphatic carbocycles. The first-order valence-electron chi connectivity index (χ1n) is 8.65. The van der Waals surface area contributed by atoms with Crippen molar-refractivity contribution in [3.8, 4) is 0 Å². The van der Waals surface area contributed by atoms with Crippen LogP contribution in [0.3, 0.4) is 0 Å². The fourth-order valence-corrected chi connectivity index (χ4v) is 3.47. The topological polar surface area (TPSA) is 75.5 Å². The van der Waals surface area contributed by atoms with Gasteiger partial charge in [0.1, 0.15) is 6.17 Å². The minimum absolute atomic E-state index is 0.0347. The summed E-state index contributed by atoms with van der Waals surface area (Å²) < 4.78 is 0. The number of amides is 1. The third kappa shape index (κ3) is 3.08. The molecule has 0 saturated carbocycles. The Morgan fingerprint density at radius 3 is 2.61 bits per heavy atom. The number of hydrogen-bond donors (Lipinski definition) is 1. The molecule has 1 aliphatic heterocycles. The number of halogens is 1. The van der Waals surface area contributed by atoms with Gasteiger partial charge < -0.3 is 5.32 Å². The Morgan fingerprint density at radius 1 is 1.07 bits per heavy atom. The first-order chi connectivity index (χ1) is 13.5. The summed E-state index contributed by atoms with van der Waals surface area (Å²) in [7, 11) is 0. The van der Waals surface area contributed by atoms with E-state index in [0.29, 0.717) is 27.5 Å². The van der Waals surface area contributed by atoms with Crippen molar-refractivity contribution < 1.29 is 9.72 Å². The number of carbonyl (C=O) groups excluding carboxylic acids is 1. The molecular formula is C21H16ClN3O3. The van der Waals surface area contributed by atoms with Crippen LogP contribution in [0.4, 0.5) is 17.1 Å². The molecule has 1 N–H and O–H groups in total. The number of nitrogens with one attached hydrogen (secondary N) is 1. The second kappa shape index (κ2) is 6.98. The van der Waals surface area contributed by atoms with Crippen LogP contribution in [0.5, 0.6) is 0 Å². The third-order valence-electron chi connectivity index (χ3n) is 4.76. The van der Waals surface area contributed by atoms with Crippen LogP contribution < -0.4 is 10.2 Å². The van der Waals surface area contributed by atoms with Crippen molar-refractivity contribution in [2.75, 3.05) is 10.2 Å². The molecule has 4 rings (SSSR count). The summed E-state index contributed by atoms with van der Waals surface area (Å²) >= 11 is 6.29. The fraction of sp³-hybridized carbons (Fsp3) is 0.0952. The zero-order valence-electron chi connectivity index (χ0n) is 14.9. The highest BCUT2D eigenvalue weighted by Crippen LogP contribution is 2.38. The number of rotatable bonds is 3. The van der Waals surface area contributed by atoms with Gasteiger partial charge in [0.15, 0.2) is 0 Å². The monoisotopic (exact) mass is 393 g/mol. The predicted octanol–water partition coefficient (Wildman–Crippen LogP) is 5.33. The summed E-state index contributed by atoms with van der Waals surface area (Å²) in [5.74, 6) is -0.203. The molecule has 28 heavy (non-hydrogen) atoms. The minimum atomic E-state index is -0.610. The zero-order chi connectivity index (χ0) is 19.8. The van der Waals surface area contributed by atoms with E-state index in [9.17, 15) is 14.9 Å².